The molecule has 0 aliphatic carbocycles. The first-order valence-corrected chi connectivity index (χ1v) is 13.1. The molecule has 2 atom stereocenters. The lowest BCUT2D eigenvalue weighted by Crippen LogP contribution is -2.46. The van der Waals surface area contributed by atoms with Gasteiger partial charge in [0.1, 0.15) is 24.3 Å². The third-order valence-electron chi connectivity index (χ3n) is 7.25. The number of pyridine rings is 1. The molecule has 1 aliphatic rings. The molecule has 0 unspecified atom stereocenters. The number of benzene rings is 2. The number of piperidine rings is 1. The Hall–Kier alpha value is -4.15. The molecule has 0 radical (unpaired) electrons. The highest BCUT2D eigenvalue weighted by molar-refractivity contribution is 6.33. The van der Waals surface area contributed by atoms with Crippen LogP contribution in [-0.4, -0.2) is 61.3 Å². The van der Waals surface area contributed by atoms with Gasteiger partial charge in [-0.3, -0.25) is 9.78 Å². The number of fused-ring (bicyclic) bond motifs is 3. The van der Waals surface area contributed by atoms with Crippen LogP contribution in [0.5, 0.6) is 11.8 Å². The third kappa shape index (κ3) is 4.63. The number of carbonyl (C=O) groups is 1. The summed E-state index contributed by atoms with van der Waals surface area (Å²) < 4.78 is 38.5. The molecule has 3 aromatic heterocycles. The van der Waals surface area contributed by atoms with Gasteiger partial charge in [0.15, 0.2) is 0 Å². The number of aliphatic hydroxyl groups is 1. The largest absolute Gasteiger partial charge is 0.424 e. The Labute approximate surface area is 232 Å². The van der Waals surface area contributed by atoms with Gasteiger partial charge in [-0.25, -0.2) is 18.7 Å². The van der Waals surface area contributed by atoms with Crippen molar-refractivity contribution in [3.63, 3.8) is 0 Å². The Morgan fingerprint density at radius 1 is 1.15 bits per heavy atom. The lowest BCUT2D eigenvalue weighted by molar-refractivity contribution is -0.137. The molecule has 1 fully saturated rings. The maximum Gasteiger partial charge on any atom is 0.321 e. The molecule has 0 bridgehead atoms. The molecule has 5 aromatic rings. The number of aromatic nitrogens is 4. The molecule has 1 N–H and O–H groups in total. The van der Waals surface area contributed by atoms with Crippen LogP contribution < -0.4 is 4.74 Å². The number of ether oxygens (including phenoxy) is 1. The van der Waals surface area contributed by atoms with E-state index in [2.05, 4.69) is 15.0 Å². The first-order chi connectivity index (χ1) is 19.3. The summed E-state index contributed by atoms with van der Waals surface area (Å²) in [6.45, 7) is 1.46. The van der Waals surface area contributed by atoms with E-state index in [-0.39, 0.29) is 23.1 Å². The molecule has 204 valence electrons. The van der Waals surface area contributed by atoms with E-state index < -0.39 is 30.5 Å². The minimum Gasteiger partial charge on any atom is -0.424 e. The summed E-state index contributed by atoms with van der Waals surface area (Å²) in [5, 5.41) is 10.9. The van der Waals surface area contributed by atoms with Gasteiger partial charge in [-0.2, -0.15) is 0 Å². The van der Waals surface area contributed by atoms with Crippen LogP contribution in [-0.2, 0) is 4.79 Å². The second kappa shape index (κ2) is 10.4. The number of alkyl halides is 1. The molecular formula is C29H24ClF2N5O3. The molecule has 11 heteroatoms. The van der Waals surface area contributed by atoms with Crippen molar-refractivity contribution in [2.24, 2.45) is 0 Å². The van der Waals surface area contributed by atoms with Crippen molar-refractivity contribution in [2.75, 3.05) is 19.7 Å². The number of hydrogen-bond donors (Lipinski definition) is 1. The zero-order valence-electron chi connectivity index (χ0n) is 21.4. The first-order valence-electron chi connectivity index (χ1n) is 12.7. The smallest absolute Gasteiger partial charge is 0.321 e. The van der Waals surface area contributed by atoms with Gasteiger partial charge in [0.2, 0.25) is 5.91 Å². The highest BCUT2D eigenvalue weighted by Crippen LogP contribution is 2.39. The highest BCUT2D eigenvalue weighted by atomic mass is 35.5. The summed E-state index contributed by atoms with van der Waals surface area (Å²) in [4.78, 5) is 25.8. The van der Waals surface area contributed by atoms with Gasteiger partial charge in [0.25, 0.3) is 0 Å². The number of likely N-dealkylation sites (tertiary alicyclic amines) is 1. The van der Waals surface area contributed by atoms with Crippen LogP contribution in [0, 0.1) is 12.7 Å². The number of amides is 1. The molecule has 40 heavy (non-hydrogen) atoms. The van der Waals surface area contributed by atoms with Crippen molar-refractivity contribution in [1.29, 1.82) is 0 Å². The van der Waals surface area contributed by atoms with Gasteiger partial charge < -0.3 is 19.3 Å². The van der Waals surface area contributed by atoms with Crippen LogP contribution in [0.25, 0.3) is 32.9 Å². The average molecular weight is 564 g/mol. The predicted molar refractivity (Wildman–Crippen MR) is 147 cm³/mol. The summed E-state index contributed by atoms with van der Waals surface area (Å²) in [5.74, 6) is -0.598. The van der Waals surface area contributed by atoms with Crippen molar-refractivity contribution >= 4 is 39.3 Å². The topological polar surface area (TPSA) is 93.4 Å². The SMILES string of the molecule is Cc1cc2cnc3cc(F)c(-c4ccc(Oc5ncccn5)cc4Cl)cc3c2n1[C@H]1CCN(C(=O)CO)C[C@@H]1F. The van der Waals surface area contributed by atoms with E-state index in [1.165, 1.54) is 11.0 Å². The quantitative estimate of drug-likeness (QED) is 0.297. The number of aliphatic hydroxyl groups excluding tert-OH is 1. The van der Waals surface area contributed by atoms with E-state index in [0.29, 0.717) is 35.2 Å². The van der Waals surface area contributed by atoms with Crippen LogP contribution in [0.1, 0.15) is 18.2 Å². The molecule has 1 amide bonds. The van der Waals surface area contributed by atoms with Gasteiger partial charge in [-0.05, 0) is 43.7 Å². The molecule has 1 aliphatic heterocycles. The van der Waals surface area contributed by atoms with E-state index in [9.17, 15) is 9.90 Å². The normalized spacial score (nSPS) is 17.5. The summed E-state index contributed by atoms with van der Waals surface area (Å²) in [7, 11) is 0. The maximum absolute atomic E-state index is 15.5. The lowest BCUT2D eigenvalue weighted by Gasteiger charge is -2.36. The Bertz CT molecular complexity index is 1750. The van der Waals surface area contributed by atoms with Gasteiger partial charge >= 0.3 is 6.01 Å². The Morgan fingerprint density at radius 2 is 1.95 bits per heavy atom. The number of hydrogen-bond acceptors (Lipinski definition) is 6. The number of nitrogens with zero attached hydrogens (tertiary/aromatic N) is 5. The minimum absolute atomic E-state index is 0.107. The molecule has 8 nitrogen and oxygen atoms in total. The lowest BCUT2D eigenvalue weighted by atomic mass is 10.00. The van der Waals surface area contributed by atoms with E-state index in [1.807, 2.05) is 17.6 Å². The fourth-order valence-corrected chi connectivity index (χ4v) is 5.70. The average Bonchev–Trinajstić information content (AvgIpc) is 3.29. The Morgan fingerprint density at radius 3 is 2.67 bits per heavy atom. The fourth-order valence-electron chi connectivity index (χ4n) is 5.43. The second-order valence-electron chi connectivity index (χ2n) is 9.71. The molecule has 0 saturated carbocycles. The minimum atomic E-state index is -1.35. The number of aryl methyl sites for hydroxylation is 1. The Kier molecular flexibility index (Phi) is 6.81. The third-order valence-corrected chi connectivity index (χ3v) is 7.56. The fraction of sp³-hybridized carbons (Fsp3) is 0.241. The molecule has 4 heterocycles. The number of rotatable bonds is 5. The monoisotopic (exact) mass is 563 g/mol. The number of carbonyl (C=O) groups excluding carboxylic acids is 1. The zero-order chi connectivity index (χ0) is 28.0. The summed E-state index contributed by atoms with van der Waals surface area (Å²) in [6.07, 6.45) is 3.78. The van der Waals surface area contributed by atoms with Crippen molar-refractivity contribution in [1.82, 2.24) is 24.4 Å². The van der Waals surface area contributed by atoms with E-state index >= 15 is 8.78 Å². The van der Waals surface area contributed by atoms with Crippen molar-refractivity contribution < 1.29 is 23.4 Å². The van der Waals surface area contributed by atoms with Crippen LogP contribution in [0.4, 0.5) is 8.78 Å². The summed E-state index contributed by atoms with van der Waals surface area (Å²) in [5.41, 5.74) is 2.70. The summed E-state index contributed by atoms with van der Waals surface area (Å²) >= 11 is 6.59. The first kappa shape index (κ1) is 26.1. The molecular weight excluding hydrogens is 540 g/mol. The van der Waals surface area contributed by atoms with Gasteiger partial charge in [-0.15, -0.1) is 0 Å². The van der Waals surface area contributed by atoms with Crippen LogP contribution in [0.15, 0.2) is 61.1 Å². The van der Waals surface area contributed by atoms with Crippen LogP contribution in [0.3, 0.4) is 0 Å². The van der Waals surface area contributed by atoms with Gasteiger partial charge in [0.05, 0.1) is 28.6 Å². The molecule has 2 aromatic carbocycles. The van der Waals surface area contributed by atoms with Crippen molar-refractivity contribution in [2.45, 2.75) is 25.6 Å². The zero-order valence-corrected chi connectivity index (χ0v) is 22.1. The molecule has 1 saturated heterocycles. The van der Waals surface area contributed by atoms with Crippen molar-refractivity contribution in [3.05, 3.63) is 77.6 Å². The predicted octanol–water partition coefficient (Wildman–Crippen LogP) is 5.64. The molecule has 0 spiro atoms. The van der Waals surface area contributed by atoms with E-state index in [0.717, 1.165) is 16.6 Å². The standard InChI is InChI=1S/C29H24ClF2N5O3/c1-16-9-17-13-35-25-12-23(31)20(19-4-3-18(10-22(19)30)40-29-33-6-2-7-34-29)11-21(25)28(17)37(16)26-5-8-36(14-24(26)32)27(39)15-38/h2-4,6-7,9-13,24,26,38H,5,8,14-15H2,1H3/t24-,26-/m0/s1. The molecule has 6 rings (SSSR count). The van der Waals surface area contributed by atoms with Gasteiger partial charge in [0, 0.05) is 64.9 Å². The van der Waals surface area contributed by atoms with Crippen LogP contribution >= 0.6 is 11.6 Å². The Balaban J connectivity index is 1.43. The maximum atomic E-state index is 15.5. The van der Waals surface area contributed by atoms with Crippen molar-refractivity contribution in [3.8, 4) is 22.9 Å². The van der Waals surface area contributed by atoms with Crippen LogP contribution in [0.2, 0.25) is 5.02 Å². The van der Waals surface area contributed by atoms with E-state index in [4.69, 9.17) is 16.3 Å². The number of halogens is 3. The van der Waals surface area contributed by atoms with E-state index in [1.54, 1.807) is 48.9 Å². The van der Waals surface area contributed by atoms with Gasteiger partial charge in [-0.1, -0.05) is 11.6 Å². The summed E-state index contributed by atoms with van der Waals surface area (Å²) in [6, 6.07) is 11.1. The second-order valence-corrected chi connectivity index (χ2v) is 10.1. The highest BCUT2D eigenvalue weighted by Gasteiger charge is 2.34.